The van der Waals surface area contributed by atoms with Gasteiger partial charge in [0.1, 0.15) is 5.75 Å². The number of hydrogen-bond acceptors (Lipinski definition) is 4. The van der Waals surface area contributed by atoms with Crippen LogP contribution in [0.4, 0.5) is 11.4 Å². The van der Waals surface area contributed by atoms with Gasteiger partial charge in [0.25, 0.3) is 5.91 Å². The highest BCUT2D eigenvalue weighted by molar-refractivity contribution is 5.98. The van der Waals surface area contributed by atoms with Crippen LogP contribution in [-0.2, 0) is 4.79 Å². The third kappa shape index (κ3) is 2.81. The van der Waals surface area contributed by atoms with Crippen LogP contribution in [0.25, 0.3) is 0 Å². The van der Waals surface area contributed by atoms with E-state index in [4.69, 9.17) is 4.74 Å². The lowest BCUT2D eigenvalue weighted by atomic mass is 10.0. The first-order valence-electron chi connectivity index (χ1n) is 6.41. The minimum atomic E-state index is -0.153. The van der Waals surface area contributed by atoms with Crippen LogP contribution < -0.4 is 20.3 Å². The molecule has 0 saturated heterocycles. The van der Waals surface area contributed by atoms with Crippen LogP contribution in [0.5, 0.6) is 5.75 Å². The van der Waals surface area contributed by atoms with E-state index in [9.17, 15) is 4.79 Å². The Bertz CT molecular complexity index is 486. The topological polar surface area (TPSA) is 53.6 Å². The maximum atomic E-state index is 12.1. The van der Waals surface area contributed by atoms with E-state index >= 15 is 0 Å². The number of rotatable bonds is 4. The Morgan fingerprint density at radius 1 is 1.37 bits per heavy atom. The number of carbonyl (C=O) groups is 1. The third-order valence-electron chi connectivity index (χ3n) is 3.42. The number of nitrogens with one attached hydrogen (secondary N) is 2. The molecule has 0 unspecified atom stereocenters. The third-order valence-corrected chi connectivity index (χ3v) is 3.42. The molecule has 5 nitrogen and oxygen atoms in total. The highest BCUT2D eigenvalue weighted by Gasteiger charge is 2.30. The summed E-state index contributed by atoms with van der Waals surface area (Å²) in [5.74, 6) is 0.745. The molecule has 2 rings (SSSR count). The van der Waals surface area contributed by atoms with Crippen molar-refractivity contribution in [3.05, 3.63) is 18.2 Å². The summed E-state index contributed by atoms with van der Waals surface area (Å²) in [5.41, 5.74) is 1.63. The first kappa shape index (κ1) is 13.7. The predicted octanol–water partition coefficient (Wildman–Crippen LogP) is 1.45. The van der Waals surface area contributed by atoms with E-state index in [0.717, 1.165) is 17.1 Å². The lowest BCUT2D eigenvalue weighted by Crippen LogP contribution is -2.51. The molecule has 1 aromatic carbocycles. The molecule has 1 amide bonds. The van der Waals surface area contributed by atoms with Gasteiger partial charge in [-0.3, -0.25) is 4.79 Å². The monoisotopic (exact) mass is 263 g/mol. The molecule has 0 spiro atoms. The van der Waals surface area contributed by atoms with Crippen molar-refractivity contribution in [1.82, 2.24) is 5.32 Å². The first-order valence-corrected chi connectivity index (χ1v) is 6.41. The SMILES string of the molecule is CNc1ccc2c(c1)N(CC(C)(C)NC)C(=O)CO2. The van der Waals surface area contributed by atoms with Crippen LogP contribution in [0.3, 0.4) is 0 Å². The quantitative estimate of drug-likeness (QED) is 0.863. The van der Waals surface area contributed by atoms with Crippen molar-refractivity contribution in [3.63, 3.8) is 0 Å². The number of likely N-dealkylation sites (N-methyl/N-ethyl adjacent to an activating group) is 1. The zero-order chi connectivity index (χ0) is 14.0. The van der Waals surface area contributed by atoms with Gasteiger partial charge < -0.3 is 20.3 Å². The van der Waals surface area contributed by atoms with E-state index < -0.39 is 0 Å². The molecule has 104 valence electrons. The van der Waals surface area contributed by atoms with Crippen LogP contribution in [0.2, 0.25) is 0 Å². The number of fused-ring (bicyclic) bond motifs is 1. The molecule has 1 aliphatic rings. The molecule has 0 aromatic heterocycles. The van der Waals surface area contributed by atoms with Crippen molar-refractivity contribution in [2.24, 2.45) is 0 Å². The average Bonchev–Trinajstić information content (AvgIpc) is 2.41. The average molecular weight is 263 g/mol. The smallest absolute Gasteiger partial charge is 0.265 e. The van der Waals surface area contributed by atoms with Crippen LogP contribution in [0.1, 0.15) is 13.8 Å². The van der Waals surface area contributed by atoms with Crippen LogP contribution in [0.15, 0.2) is 18.2 Å². The van der Waals surface area contributed by atoms with Gasteiger partial charge in [0, 0.05) is 24.8 Å². The van der Waals surface area contributed by atoms with Gasteiger partial charge in [-0.25, -0.2) is 0 Å². The Balaban J connectivity index is 2.36. The van der Waals surface area contributed by atoms with Crippen molar-refractivity contribution in [2.45, 2.75) is 19.4 Å². The highest BCUT2D eigenvalue weighted by atomic mass is 16.5. The molecule has 0 saturated carbocycles. The Hall–Kier alpha value is -1.75. The summed E-state index contributed by atoms with van der Waals surface area (Å²) in [5, 5.41) is 6.30. The van der Waals surface area contributed by atoms with E-state index in [1.165, 1.54) is 0 Å². The molecule has 0 fully saturated rings. The van der Waals surface area contributed by atoms with Gasteiger partial charge in [0.15, 0.2) is 6.61 Å². The van der Waals surface area contributed by atoms with Gasteiger partial charge in [-0.05, 0) is 39.1 Å². The Labute approximate surface area is 113 Å². The second-order valence-corrected chi connectivity index (χ2v) is 5.33. The molecule has 1 aromatic rings. The molecule has 19 heavy (non-hydrogen) atoms. The van der Waals surface area contributed by atoms with Gasteiger partial charge in [0.2, 0.25) is 0 Å². The summed E-state index contributed by atoms with van der Waals surface area (Å²) < 4.78 is 5.47. The van der Waals surface area contributed by atoms with Crippen molar-refractivity contribution in [2.75, 3.05) is 37.5 Å². The summed E-state index contributed by atoms with van der Waals surface area (Å²) in [6, 6.07) is 5.78. The van der Waals surface area contributed by atoms with Gasteiger partial charge in [-0.15, -0.1) is 0 Å². The number of ether oxygens (including phenoxy) is 1. The van der Waals surface area contributed by atoms with Crippen molar-refractivity contribution < 1.29 is 9.53 Å². The fourth-order valence-electron chi connectivity index (χ4n) is 2.01. The number of nitrogens with zero attached hydrogens (tertiary/aromatic N) is 1. The molecule has 0 atom stereocenters. The second kappa shape index (κ2) is 5.09. The lowest BCUT2D eigenvalue weighted by Gasteiger charge is -2.36. The lowest BCUT2D eigenvalue weighted by molar-refractivity contribution is -0.121. The molecule has 0 aliphatic carbocycles. The molecule has 0 radical (unpaired) electrons. The number of benzene rings is 1. The van der Waals surface area contributed by atoms with Crippen molar-refractivity contribution in [3.8, 4) is 5.75 Å². The molecular formula is C14H21N3O2. The Kier molecular flexibility index (Phi) is 3.66. The molecule has 1 aliphatic heterocycles. The fourth-order valence-corrected chi connectivity index (χ4v) is 2.01. The van der Waals surface area contributed by atoms with Crippen molar-refractivity contribution in [1.29, 1.82) is 0 Å². The number of carbonyl (C=O) groups excluding carboxylic acids is 1. The minimum Gasteiger partial charge on any atom is -0.482 e. The van der Waals surface area contributed by atoms with Crippen molar-refractivity contribution >= 4 is 17.3 Å². The van der Waals surface area contributed by atoms with E-state index in [-0.39, 0.29) is 18.1 Å². The van der Waals surface area contributed by atoms with E-state index in [2.05, 4.69) is 24.5 Å². The minimum absolute atomic E-state index is 0.0101. The van der Waals surface area contributed by atoms with Gasteiger partial charge in [-0.1, -0.05) is 0 Å². The summed E-state index contributed by atoms with van der Waals surface area (Å²) in [6.45, 7) is 4.84. The molecular weight excluding hydrogens is 242 g/mol. The number of hydrogen-bond donors (Lipinski definition) is 2. The normalized spacial score (nSPS) is 14.9. The van der Waals surface area contributed by atoms with Crippen LogP contribution in [-0.4, -0.2) is 38.7 Å². The Morgan fingerprint density at radius 2 is 2.11 bits per heavy atom. The molecule has 5 heteroatoms. The molecule has 0 bridgehead atoms. The zero-order valence-corrected chi connectivity index (χ0v) is 11.9. The maximum absolute atomic E-state index is 12.1. The maximum Gasteiger partial charge on any atom is 0.265 e. The highest BCUT2D eigenvalue weighted by Crippen LogP contribution is 2.35. The van der Waals surface area contributed by atoms with Gasteiger partial charge >= 0.3 is 0 Å². The largest absolute Gasteiger partial charge is 0.482 e. The first-order chi connectivity index (χ1) is 8.96. The Morgan fingerprint density at radius 3 is 2.74 bits per heavy atom. The zero-order valence-electron chi connectivity index (χ0n) is 11.9. The number of anilines is 2. The van der Waals surface area contributed by atoms with Gasteiger partial charge in [0.05, 0.1) is 5.69 Å². The fraction of sp³-hybridized carbons (Fsp3) is 0.500. The van der Waals surface area contributed by atoms with E-state index in [1.54, 1.807) is 4.90 Å². The predicted molar refractivity (Wildman–Crippen MR) is 77.0 cm³/mol. The summed E-state index contributed by atoms with van der Waals surface area (Å²) in [4.78, 5) is 13.9. The molecule has 2 N–H and O–H groups in total. The van der Waals surface area contributed by atoms with E-state index in [1.807, 2.05) is 32.3 Å². The second-order valence-electron chi connectivity index (χ2n) is 5.33. The summed E-state index contributed by atoms with van der Waals surface area (Å²) in [6.07, 6.45) is 0. The van der Waals surface area contributed by atoms with Gasteiger partial charge in [-0.2, -0.15) is 0 Å². The standard InChI is InChI=1S/C14H21N3O2/c1-14(2,16-4)9-17-11-7-10(15-3)5-6-12(11)19-8-13(17)18/h5-7,15-16H,8-9H2,1-4H3. The summed E-state index contributed by atoms with van der Waals surface area (Å²) >= 11 is 0. The van der Waals surface area contributed by atoms with Crippen LogP contribution in [0, 0.1) is 0 Å². The summed E-state index contributed by atoms with van der Waals surface area (Å²) in [7, 11) is 3.75. The van der Waals surface area contributed by atoms with Crippen LogP contribution >= 0.6 is 0 Å². The number of amides is 1. The molecule has 1 heterocycles. The van der Waals surface area contributed by atoms with E-state index in [0.29, 0.717) is 6.54 Å².